The fourth-order valence-electron chi connectivity index (χ4n) is 4.43. The van der Waals surface area contributed by atoms with Gasteiger partial charge in [0.2, 0.25) is 11.8 Å². The van der Waals surface area contributed by atoms with Crippen molar-refractivity contribution in [1.29, 1.82) is 0 Å². The molecule has 0 radical (unpaired) electrons. The van der Waals surface area contributed by atoms with Crippen molar-refractivity contribution in [1.82, 2.24) is 10.2 Å². The first kappa shape index (κ1) is 18.0. The van der Waals surface area contributed by atoms with E-state index in [-0.39, 0.29) is 17.9 Å². The first-order chi connectivity index (χ1) is 12.0. The summed E-state index contributed by atoms with van der Waals surface area (Å²) in [6.45, 7) is 5.33. The van der Waals surface area contributed by atoms with Crippen LogP contribution in [0.2, 0.25) is 0 Å². The van der Waals surface area contributed by atoms with Crippen molar-refractivity contribution in [2.75, 3.05) is 13.1 Å². The zero-order valence-corrected chi connectivity index (χ0v) is 15.5. The molecule has 1 saturated carbocycles. The monoisotopic (exact) mass is 342 g/mol. The Kier molecular flexibility index (Phi) is 5.77. The SMILES string of the molecule is CC(=O)N[C@H](CC(=O)N1CC[C@@H]2CCCC[C@@H]2C1)c1ccc(C)cc1. The van der Waals surface area contributed by atoms with Crippen LogP contribution < -0.4 is 5.32 Å². The number of hydrogen-bond acceptors (Lipinski definition) is 2. The van der Waals surface area contributed by atoms with E-state index < -0.39 is 0 Å². The largest absolute Gasteiger partial charge is 0.349 e. The number of piperidine rings is 1. The Morgan fingerprint density at radius 3 is 2.48 bits per heavy atom. The van der Waals surface area contributed by atoms with Gasteiger partial charge in [-0.1, -0.05) is 49.1 Å². The van der Waals surface area contributed by atoms with E-state index in [0.29, 0.717) is 12.3 Å². The highest BCUT2D eigenvalue weighted by Crippen LogP contribution is 2.36. The molecule has 1 aromatic carbocycles. The Hall–Kier alpha value is -1.84. The van der Waals surface area contributed by atoms with Crippen molar-refractivity contribution in [2.24, 2.45) is 11.8 Å². The molecule has 1 aliphatic heterocycles. The number of benzene rings is 1. The van der Waals surface area contributed by atoms with Crippen molar-refractivity contribution < 1.29 is 9.59 Å². The van der Waals surface area contributed by atoms with Crippen LogP contribution in [-0.4, -0.2) is 29.8 Å². The molecule has 1 aromatic rings. The average molecular weight is 342 g/mol. The molecule has 1 saturated heterocycles. The molecule has 0 bridgehead atoms. The van der Waals surface area contributed by atoms with E-state index >= 15 is 0 Å². The molecule has 3 atom stereocenters. The van der Waals surface area contributed by atoms with Crippen LogP contribution in [0.3, 0.4) is 0 Å². The van der Waals surface area contributed by atoms with Crippen LogP contribution in [-0.2, 0) is 9.59 Å². The molecular weight excluding hydrogens is 312 g/mol. The van der Waals surface area contributed by atoms with E-state index in [2.05, 4.69) is 5.32 Å². The molecule has 136 valence electrons. The number of rotatable bonds is 4. The van der Waals surface area contributed by atoms with Crippen molar-refractivity contribution >= 4 is 11.8 Å². The molecule has 2 aliphatic rings. The van der Waals surface area contributed by atoms with Crippen molar-refractivity contribution in [3.63, 3.8) is 0 Å². The third-order valence-corrected chi connectivity index (χ3v) is 5.88. The van der Waals surface area contributed by atoms with Gasteiger partial charge < -0.3 is 10.2 Å². The Morgan fingerprint density at radius 1 is 1.12 bits per heavy atom. The number of nitrogens with one attached hydrogen (secondary N) is 1. The van der Waals surface area contributed by atoms with Crippen molar-refractivity contribution in [2.45, 2.75) is 58.4 Å². The highest BCUT2D eigenvalue weighted by molar-refractivity contribution is 5.79. The Bertz CT molecular complexity index is 611. The van der Waals surface area contributed by atoms with Gasteiger partial charge in [0, 0.05) is 20.0 Å². The van der Waals surface area contributed by atoms with E-state index in [1.54, 1.807) is 0 Å². The number of nitrogens with zero attached hydrogens (tertiary/aromatic N) is 1. The van der Waals surface area contributed by atoms with Gasteiger partial charge in [0.05, 0.1) is 12.5 Å². The normalized spacial score (nSPS) is 24.3. The highest BCUT2D eigenvalue weighted by atomic mass is 16.2. The predicted octanol–water partition coefficient (Wildman–Crippen LogP) is 3.60. The van der Waals surface area contributed by atoms with Crippen molar-refractivity contribution in [3.05, 3.63) is 35.4 Å². The van der Waals surface area contributed by atoms with E-state index in [9.17, 15) is 9.59 Å². The number of carbonyl (C=O) groups is 2. The second kappa shape index (κ2) is 8.03. The Morgan fingerprint density at radius 2 is 1.80 bits per heavy atom. The summed E-state index contributed by atoms with van der Waals surface area (Å²) in [6, 6.07) is 7.84. The molecule has 1 N–H and O–H groups in total. The molecule has 3 rings (SSSR count). The molecule has 4 heteroatoms. The average Bonchev–Trinajstić information content (AvgIpc) is 2.61. The predicted molar refractivity (Wildman–Crippen MR) is 99.0 cm³/mol. The number of carbonyl (C=O) groups excluding carboxylic acids is 2. The van der Waals surface area contributed by atoms with Crippen molar-refractivity contribution in [3.8, 4) is 0 Å². The molecule has 0 aromatic heterocycles. The maximum atomic E-state index is 12.9. The third-order valence-electron chi connectivity index (χ3n) is 5.88. The maximum absolute atomic E-state index is 12.9. The first-order valence-electron chi connectivity index (χ1n) is 9.64. The number of amides is 2. The first-order valence-corrected chi connectivity index (χ1v) is 9.64. The lowest BCUT2D eigenvalue weighted by atomic mass is 9.75. The summed E-state index contributed by atoms with van der Waals surface area (Å²) in [5.74, 6) is 1.58. The van der Waals surface area contributed by atoms with E-state index in [4.69, 9.17) is 0 Å². The fraction of sp³-hybridized carbons (Fsp3) is 0.619. The lowest BCUT2D eigenvalue weighted by Crippen LogP contribution is -2.45. The zero-order chi connectivity index (χ0) is 17.8. The highest BCUT2D eigenvalue weighted by Gasteiger charge is 2.33. The van der Waals surface area contributed by atoms with Gasteiger partial charge in [-0.3, -0.25) is 9.59 Å². The lowest BCUT2D eigenvalue weighted by molar-refractivity contribution is -0.135. The molecule has 1 aliphatic carbocycles. The summed E-state index contributed by atoms with van der Waals surface area (Å²) >= 11 is 0. The summed E-state index contributed by atoms with van der Waals surface area (Å²) in [4.78, 5) is 26.5. The van der Waals surface area contributed by atoms with Gasteiger partial charge in [-0.25, -0.2) is 0 Å². The van der Waals surface area contributed by atoms with Gasteiger partial charge in [-0.2, -0.15) is 0 Å². The second-order valence-electron chi connectivity index (χ2n) is 7.80. The van der Waals surface area contributed by atoms with Gasteiger partial charge in [0.1, 0.15) is 0 Å². The lowest BCUT2D eigenvalue weighted by Gasteiger charge is -2.41. The number of aryl methyl sites for hydroxylation is 1. The molecule has 0 spiro atoms. The van der Waals surface area contributed by atoms with Crippen LogP contribution in [0.1, 0.15) is 62.6 Å². The third kappa shape index (κ3) is 4.62. The summed E-state index contributed by atoms with van der Waals surface area (Å²) in [5.41, 5.74) is 2.18. The minimum atomic E-state index is -0.241. The van der Waals surface area contributed by atoms with Gasteiger partial charge >= 0.3 is 0 Å². The Labute approximate surface area is 151 Å². The van der Waals surface area contributed by atoms with Crippen LogP contribution in [0.4, 0.5) is 0 Å². The van der Waals surface area contributed by atoms with E-state index in [1.807, 2.05) is 36.1 Å². The fourth-order valence-corrected chi connectivity index (χ4v) is 4.43. The summed E-state index contributed by atoms with van der Waals surface area (Å²) < 4.78 is 0. The molecule has 1 heterocycles. The van der Waals surface area contributed by atoms with Crippen LogP contribution in [0.5, 0.6) is 0 Å². The van der Waals surface area contributed by atoms with E-state index in [1.165, 1.54) is 38.2 Å². The zero-order valence-electron chi connectivity index (χ0n) is 15.5. The number of likely N-dealkylation sites (tertiary alicyclic amines) is 1. The molecule has 0 unspecified atom stereocenters. The second-order valence-corrected chi connectivity index (χ2v) is 7.80. The van der Waals surface area contributed by atoms with Crippen LogP contribution in [0.25, 0.3) is 0 Å². The van der Waals surface area contributed by atoms with Gasteiger partial charge in [0.25, 0.3) is 0 Å². The molecule has 2 fully saturated rings. The summed E-state index contributed by atoms with van der Waals surface area (Å²) in [5, 5.41) is 2.96. The minimum absolute atomic E-state index is 0.0932. The number of hydrogen-bond donors (Lipinski definition) is 1. The van der Waals surface area contributed by atoms with Crippen LogP contribution in [0, 0.1) is 18.8 Å². The topological polar surface area (TPSA) is 49.4 Å². The molecule has 4 nitrogen and oxygen atoms in total. The Balaban J connectivity index is 1.65. The smallest absolute Gasteiger partial charge is 0.224 e. The van der Waals surface area contributed by atoms with Crippen LogP contribution in [0.15, 0.2) is 24.3 Å². The summed E-state index contributed by atoms with van der Waals surface area (Å²) in [7, 11) is 0. The van der Waals surface area contributed by atoms with Gasteiger partial charge in [-0.05, 0) is 37.2 Å². The summed E-state index contributed by atoms with van der Waals surface area (Å²) in [6.07, 6.45) is 6.76. The molecule has 25 heavy (non-hydrogen) atoms. The molecular formula is C21H30N2O2. The van der Waals surface area contributed by atoms with Gasteiger partial charge in [0.15, 0.2) is 0 Å². The van der Waals surface area contributed by atoms with E-state index in [0.717, 1.165) is 31.0 Å². The van der Waals surface area contributed by atoms with Gasteiger partial charge in [-0.15, -0.1) is 0 Å². The molecule has 2 amide bonds. The standard InChI is InChI=1S/C21H30N2O2/c1-15-7-9-18(10-8-15)20(22-16(2)24)13-21(25)23-12-11-17-5-3-4-6-19(17)14-23/h7-10,17,19-20H,3-6,11-14H2,1-2H3,(H,22,24)/t17-,19+,20+/m0/s1. The maximum Gasteiger partial charge on any atom is 0.224 e. The minimum Gasteiger partial charge on any atom is -0.349 e. The number of fused-ring (bicyclic) bond motifs is 1. The van der Waals surface area contributed by atoms with Crippen LogP contribution >= 0.6 is 0 Å². The quantitative estimate of drug-likeness (QED) is 0.909.